The second kappa shape index (κ2) is 10.8. The highest BCUT2D eigenvalue weighted by Crippen LogP contribution is 2.27. The summed E-state index contributed by atoms with van der Waals surface area (Å²) in [4.78, 5) is 37.2. The molecule has 0 atom stereocenters. The highest BCUT2D eigenvalue weighted by Gasteiger charge is 2.22. The number of nitrogens with zero attached hydrogens (tertiary/aromatic N) is 1. The number of rotatable bonds is 8. The molecule has 174 valence electrons. The number of aryl methyl sites for hydroxylation is 1. The maximum absolute atomic E-state index is 13.2. The van der Waals surface area contributed by atoms with Gasteiger partial charge in [0.2, 0.25) is 0 Å². The molecule has 0 aromatic heterocycles. The van der Waals surface area contributed by atoms with Crippen molar-refractivity contribution in [3.63, 3.8) is 0 Å². The monoisotopic (exact) mass is 461 g/mol. The second-order valence-corrected chi connectivity index (χ2v) is 7.17. The van der Waals surface area contributed by atoms with Crippen LogP contribution in [0, 0.1) is 17.0 Å². The molecule has 0 spiro atoms. The largest absolute Gasteiger partial charge is 0.495 e. The fraction of sp³-hybridized carbons (Fsp3) is 0.120. The highest BCUT2D eigenvalue weighted by molar-refractivity contribution is 6.29. The van der Waals surface area contributed by atoms with Crippen molar-refractivity contribution in [1.82, 2.24) is 0 Å². The zero-order valence-electron chi connectivity index (χ0n) is 18.8. The van der Waals surface area contributed by atoms with Crippen molar-refractivity contribution in [3.8, 4) is 11.5 Å². The molecule has 34 heavy (non-hydrogen) atoms. The van der Waals surface area contributed by atoms with E-state index in [1.165, 1.54) is 26.4 Å². The minimum absolute atomic E-state index is 0.122. The van der Waals surface area contributed by atoms with Crippen LogP contribution in [0.15, 0.2) is 72.3 Å². The first kappa shape index (κ1) is 24.0. The fourth-order valence-electron chi connectivity index (χ4n) is 3.19. The van der Waals surface area contributed by atoms with E-state index in [2.05, 4.69) is 10.6 Å². The number of nitro benzene ring substituents is 1. The van der Waals surface area contributed by atoms with Gasteiger partial charge in [-0.15, -0.1) is 0 Å². The molecule has 9 heteroatoms. The summed E-state index contributed by atoms with van der Waals surface area (Å²) in [5, 5.41) is 16.7. The molecule has 0 bridgehead atoms. The average Bonchev–Trinajstić information content (AvgIpc) is 2.83. The van der Waals surface area contributed by atoms with Gasteiger partial charge in [0.05, 0.1) is 30.5 Å². The van der Waals surface area contributed by atoms with E-state index in [1.807, 2.05) is 0 Å². The Hall–Kier alpha value is -4.66. The van der Waals surface area contributed by atoms with Crippen molar-refractivity contribution in [1.29, 1.82) is 0 Å². The standard InChI is InChI=1S/C25H23N3O6/c1-16-12-13-17(15-21(16)28(31)32)14-18(24(29)26-19-8-4-6-10-22(19)33-2)25(30)27-20-9-5-7-11-23(20)34-3/h4-15H,1-3H3,(H,26,29)(H,27,30). The molecule has 2 amide bonds. The summed E-state index contributed by atoms with van der Waals surface area (Å²) in [6.07, 6.45) is 1.29. The molecule has 0 unspecified atom stereocenters. The third kappa shape index (κ3) is 5.57. The van der Waals surface area contributed by atoms with Gasteiger partial charge in [0.25, 0.3) is 17.5 Å². The number of ether oxygens (including phenoxy) is 2. The van der Waals surface area contributed by atoms with Crippen molar-refractivity contribution >= 4 is 35.0 Å². The van der Waals surface area contributed by atoms with Gasteiger partial charge in [-0.25, -0.2) is 0 Å². The van der Waals surface area contributed by atoms with Crippen molar-refractivity contribution in [2.75, 3.05) is 24.9 Å². The first-order valence-electron chi connectivity index (χ1n) is 10.2. The third-order valence-corrected chi connectivity index (χ3v) is 4.94. The lowest BCUT2D eigenvalue weighted by Crippen LogP contribution is -2.25. The number of nitrogens with one attached hydrogen (secondary N) is 2. The molecule has 3 rings (SSSR count). The van der Waals surface area contributed by atoms with Crippen LogP contribution < -0.4 is 20.1 Å². The summed E-state index contributed by atoms with van der Waals surface area (Å²) in [6, 6.07) is 17.9. The molecule has 0 saturated heterocycles. The minimum atomic E-state index is -0.722. The number of nitro groups is 1. The van der Waals surface area contributed by atoms with Gasteiger partial charge < -0.3 is 20.1 Å². The number of para-hydroxylation sites is 4. The molecule has 3 aromatic rings. The second-order valence-electron chi connectivity index (χ2n) is 7.17. The third-order valence-electron chi connectivity index (χ3n) is 4.94. The summed E-state index contributed by atoms with van der Waals surface area (Å²) in [6.45, 7) is 1.61. The fourth-order valence-corrected chi connectivity index (χ4v) is 3.19. The minimum Gasteiger partial charge on any atom is -0.495 e. The molecule has 0 radical (unpaired) electrons. The Morgan fingerprint density at radius 3 is 1.82 bits per heavy atom. The Morgan fingerprint density at radius 1 is 0.853 bits per heavy atom. The Kier molecular flexibility index (Phi) is 7.60. The van der Waals surface area contributed by atoms with E-state index in [9.17, 15) is 19.7 Å². The molecule has 0 heterocycles. The number of methoxy groups -OCH3 is 2. The van der Waals surface area contributed by atoms with Gasteiger partial charge >= 0.3 is 0 Å². The van der Waals surface area contributed by atoms with Crippen molar-refractivity contribution < 1.29 is 24.0 Å². The Morgan fingerprint density at radius 2 is 1.35 bits per heavy atom. The molecule has 0 aliphatic rings. The van der Waals surface area contributed by atoms with Crippen LogP contribution in [0.5, 0.6) is 11.5 Å². The molecule has 0 saturated carbocycles. The lowest BCUT2D eigenvalue weighted by molar-refractivity contribution is -0.385. The molecular weight excluding hydrogens is 438 g/mol. The summed E-state index contributed by atoms with van der Waals surface area (Å²) in [5.41, 5.74) is 1.11. The smallest absolute Gasteiger partial charge is 0.272 e. The van der Waals surface area contributed by atoms with Gasteiger partial charge in [0.15, 0.2) is 0 Å². The summed E-state index contributed by atoms with van der Waals surface area (Å²) >= 11 is 0. The number of carbonyl (C=O) groups excluding carboxylic acids is 2. The van der Waals surface area contributed by atoms with Gasteiger partial charge in [-0.3, -0.25) is 19.7 Å². The number of amides is 2. The van der Waals surface area contributed by atoms with Crippen LogP contribution in [0.3, 0.4) is 0 Å². The van der Waals surface area contributed by atoms with Crippen molar-refractivity contribution in [2.45, 2.75) is 6.92 Å². The topological polar surface area (TPSA) is 120 Å². The molecular formula is C25H23N3O6. The van der Waals surface area contributed by atoms with Crippen LogP contribution in [0.4, 0.5) is 17.1 Å². The zero-order chi connectivity index (χ0) is 24.7. The van der Waals surface area contributed by atoms with E-state index >= 15 is 0 Å². The highest BCUT2D eigenvalue weighted by atomic mass is 16.6. The van der Waals surface area contributed by atoms with Gasteiger partial charge in [0, 0.05) is 11.6 Å². The number of benzene rings is 3. The summed E-state index contributed by atoms with van der Waals surface area (Å²) in [7, 11) is 2.92. The lowest BCUT2D eigenvalue weighted by Gasteiger charge is -2.14. The van der Waals surface area contributed by atoms with Gasteiger partial charge in [-0.1, -0.05) is 36.4 Å². The van der Waals surface area contributed by atoms with E-state index in [0.29, 0.717) is 34.0 Å². The van der Waals surface area contributed by atoms with Crippen LogP contribution in [-0.4, -0.2) is 31.0 Å². The lowest BCUT2D eigenvalue weighted by atomic mass is 10.1. The maximum Gasteiger partial charge on any atom is 0.272 e. The Balaban J connectivity index is 2.02. The molecule has 2 N–H and O–H groups in total. The summed E-state index contributed by atoms with van der Waals surface area (Å²) in [5.74, 6) is -0.627. The Labute approximate surface area is 196 Å². The van der Waals surface area contributed by atoms with Crippen LogP contribution in [0.25, 0.3) is 6.08 Å². The molecule has 0 aliphatic heterocycles. The number of hydrogen-bond acceptors (Lipinski definition) is 6. The molecule has 3 aromatic carbocycles. The van der Waals surface area contributed by atoms with Gasteiger partial charge in [0.1, 0.15) is 17.1 Å². The first-order chi connectivity index (χ1) is 16.3. The van der Waals surface area contributed by atoms with E-state index in [-0.39, 0.29) is 11.3 Å². The quantitative estimate of drug-likeness (QED) is 0.167. The van der Waals surface area contributed by atoms with Gasteiger partial charge in [-0.05, 0) is 42.8 Å². The number of anilines is 2. The predicted molar refractivity (Wildman–Crippen MR) is 129 cm³/mol. The molecule has 0 aliphatic carbocycles. The van der Waals surface area contributed by atoms with Crippen LogP contribution in [-0.2, 0) is 9.59 Å². The summed E-state index contributed by atoms with van der Waals surface area (Å²) < 4.78 is 10.5. The molecule has 9 nitrogen and oxygen atoms in total. The van der Waals surface area contributed by atoms with Gasteiger partial charge in [-0.2, -0.15) is 0 Å². The predicted octanol–water partition coefficient (Wildman–Crippen LogP) is 4.58. The SMILES string of the molecule is COc1ccccc1NC(=O)C(=Cc1ccc(C)c([N+](=O)[O-])c1)C(=O)Nc1ccccc1OC. The van der Waals surface area contributed by atoms with E-state index in [0.717, 1.165) is 0 Å². The van der Waals surface area contributed by atoms with Crippen molar-refractivity contribution in [2.24, 2.45) is 0 Å². The Bertz CT molecular complexity index is 1210. The number of carbonyl (C=O) groups is 2. The van der Waals surface area contributed by atoms with E-state index < -0.39 is 16.7 Å². The average molecular weight is 461 g/mol. The first-order valence-corrected chi connectivity index (χ1v) is 10.2. The normalized spacial score (nSPS) is 10.1. The zero-order valence-corrected chi connectivity index (χ0v) is 18.8. The van der Waals surface area contributed by atoms with Crippen LogP contribution in [0.2, 0.25) is 0 Å². The van der Waals surface area contributed by atoms with Crippen LogP contribution in [0.1, 0.15) is 11.1 Å². The molecule has 0 fully saturated rings. The van der Waals surface area contributed by atoms with Crippen LogP contribution >= 0.6 is 0 Å². The van der Waals surface area contributed by atoms with E-state index in [4.69, 9.17) is 9.47 Å². The van der Waals surface area contributed by atoms with Crippen molar-refractivity contribution in [3.05, 3.63) is 93.5 Å². The maximum atomic E-state index is 13.2. The number of hydrogen-bond donors (Lipinski definition) is 2. The van der Waals surface area contributed by atoms with E-state index in [1.54, 1.807) is 67.6 Å².